The van der Waals surface area contributed by atoms with Crippen molar-refractivity contribution >= 4 is 5.78 Å². The Morgan fingerprint density at radius 1 is 1.44 bits per heavy atom. The second-order valence-corrected chi connectivity index (χ2v) is 5.17. The van der Waals surface area contributed by atoms with Crippen LogP contribution in [0.15, 0.2) is 0 Å². The van der Waals surface area contributed by atoms with Crippen LogP contribution in [0.3, 0.4) is 0 Å². The van der Waals surface area contributed by atoms with Crippen molar-refractivity contribution in [2.75, 3.05) is 19.7 Å². The Morgan fingerprint density at radius 3 is 2.56 bits per heavy atom. The number of nitrogens with zero attached hydrogens (tertiary/aromatic N) is 1. The lowest BCUT2D eigenvalue weighted by atomic mass is 9.63. The molecule has 16 heavy (non-hydrogen) atoms. The molecule has 3 rings (SSSR count). The monoisotopic (exact) mass is 221 g/mol. The van der Waals surface area contributed by atoms with E-state index in [1.54, 1.807) is 6.92 Å². The van der Waals surface area contributed by atoms with Gasteiger partial charge in [-0.2, -0.15) is 0 Å². The first-order chi connectivity index (χ1) is 7.59. The topological polar surface area (TPSA) is 40.5 Å². The van der Waals surface area contributed by atoms with E-state index in [1.807, 2.05) is 6.92 Å². The third-order valence-corrected chi connectivity index (χ3v) is 4.26. The number of carbonyl (C=O) groups excluding carboxylic acids is 1. The highest BCUT2D eigenvalue weighted by atomic mass is 16.3. The normalized spacial score (nSPS) is 41.7. The molecule has 1 unspecified atom stereocenters. The SMILES string of the molecule is CC#CCC1(CO)C(=O)C2(C)CCN1CC2. The molecular weight excluding hydrogens is 202 g/mol. The van der Waals surface area contributed by atoms with E-state index in [4.69, 9.17) is 0 Å². The Morgan fingerprint density at radius 2 is 2.06 bits per heavy atom. The number of piperidine rings is 3. The van der Waals surface area contributed by atoms with E-state index in [0.29, 0.717) is 6.42 Å². The van der Waals surface area contributed by atoms with E-state index in [-0.39, 0.29) is 17.8 Å². The van der Waals surface area contributed by atoms with Crippen LogP contribution >= 0.6 is 0 Å². The number of aliphatic hydroxyl groups is 1. The van der Waals surface area contributed by atoms with E-state index in [0.717, 1.165) is 25.9 Å². The molecule has 1 N–H and O–H groups in total. The molecule has 0 aromatic rings. The van der Waals surface area contributed by atoms with Crippen molar-refractivity contribution in [2.45, 2.75) is 38.6 Å². The summed E-state index contributed by atoms with van der Waals surface area (Å²) in [5, 5.41) is 9.64. The Hall–Kier alpha value is -0.850. The van der Waals surface area contributed by atoms with Crippen molar-refractivity contribution in [2.24, 2.45) is 5.41 Å². The van der Waals surface area contributed by atoms with E-state index in [2.05, 4.69) is 16.7 Å². The van der Waals surface area contributed by atoms with Gasteiger partial charge in [-0.15, -0.1) is 11.8 Å². The lowest BCUT2D eigenvalue weighted by molar-refractivity contribution is -0.162. The minimum absolute atomic E-state index is 0.101. The van der Waals surface area contributed by atoms with Gasteiger partial charge >= 0.3 is 0 Å². The summed E-state index contributed by atoms with van der Waals surface area (Å²) in [6.07, 6.45) is 2.31. The van der Waals surface area contributed by atoms with Crippen LogP contribution in [0.1, 0.15) is 33.1 Å². The summed E-state index contributed by atoms with van der Waals surface area (Å²) >= 11 is 0. The molecule has 3 aliphatic rings. The maximum Gasteiger partial charge on any atom is 0.162 e. The van der Waals surface area contributed by atoms with Crippen LogP contribution in [-0.4, -0.2) is 41.0 Å². The Labute approximate surface area is 96.8 Å². The summed E-state index contributed by atoms with van der Waals surface area (Å²) in [6, 6.07) is 0. The minimum atomic E-state index is -0.714. The van der Waals surface area contributed by atoms with Crippen molar-refractivity contribution in [1.82, 2.24) is 4.90 Å². The first-order valence-corrected chi connectivity index (χ1v) is 5.89. The largest absolute Gasteiger partial charge is 0.394 e. The fraction of sp³-hybridized carbons (Fsp3) is 0.769. The predicted octanol–water partition coefficient (Wildman–Crippen LogP) is 0.816. The van der Waals surface area contributed by atoms with Crippen LogP contribution < -0.4 is 0 Å². The summed E-state index contributed by atoms with van der Waals surface area (Å²) in [4.78, 5) is 14.6. The van der Waals surface area contributed by atoms with Crippen LogP contribution in [0.2, 0.25) is 0 Å². The molecule has 3 heteroatoms. The van der Waals surface area contributed by atoms with Crippen LogP contribution in [0.4, 0.5) is 0 Å². The van der Waals surface area contributed by atoms with Crippen molar-refractivity contribution in [3.8, 4) is 11.8 Å². The van der Waals surface area contributed by atoms with Crippen molar-refractivity contribution in [3.63, 3.8) is 0 Å². The van der Waals surface area contributed by atoms with E-state index < -0.39 is 5.54 Å². The predicted molar refractivity (Wildman–Crippen MR) is 61.8 cm³/mol. The molecule has 0 saturated carbocycles. The molecule has 88 valence electrons. The highest BCUT2D eigenvalue weighted by Crippen LogP contribution is 2.45. The molecule has 0 aliphatic carbocycles. The van der Waals surface area contributed by atoms with Crippen LogP contribution in [-0.2, 0) is 4.79 Å². The number of ketones is 1. The standard InChI is InChI=1S/C13H19NO2/c1-3-4-5-13(10-15)11(16)12(2)6-8-14(13)9-7-12/h15H,5-10H2,1-2H3. The number of aliphatic hydroxyl groups excluding tert-OH is 1. The number of hydrogen-bond acceptors (Lipinski definition) is 3. The highest BCUT2D eigenvalue weighted by molar-refractivity contribution is 5.95. The number of hydrogen-bond donors (Lipinski definition) is 1. The first-order valence-electron chi connectivity index (χ1n) is 5.89. The molecule has 0 amide bonds. The smallest absolute Gasteiger partial charge is 0.162 e. The average Bonchev–Trinajstić information content (AvgIpc) is 2.31. The Balaban J connectivity index is 2.36. The van der Waals surface area contributed by atoms with Crippen LogP contribution in [0, 0.1) is 17.3 Å². The first kappa shape index (κ1) is 11.6. The van der Waals surface area contributed by atoms with Gasteiger partial charge in [-0.25, -0.2) is 0 Å². The molecule has 3 nitrogen and oxygen atoms in total. The number of carbonyl (C=O) groups is 1. The van der Waals surface area contributed by atoms with E-state index in [9.17, 15) is 9.90 Å². The highest BCUT2D eigenvalue weighted by Gasteiger charge is 2.57. The lowest BCUT2D eigenvalue weighted by Gasteiger charge is -2.56. The fourth-order valence-electron chi connectivity index (χ4n) is 3.02. The lowest BCUT2D eigenvalue weighted by Crippen LogP contribution is -2.70. The van der Waals surface area contributed by atoms with Crippen molar-refractivity contribution in [3.05, 3.63) is 0 Å². The maximum atomic E-state index is 12.5. The van der Waals surface area contributed by atoms with Gasteiger partial charge in [0.05, 0.1) is 6.61 Å². The zero-order valence-corrected chi connectivity index (χ0v) is 10.0. The van der Waals surface area contributed by atoms with Gasteiger partial charge in [0, 0.05) is 24.9 Å². The molecule has 2 bridgehead atoms. The van der Waals surface area contributed by atoms with Crippen molar-refractivity contribution < 1.29 is 9.90 Å². The third kappa shape index (κ3) is 1.41. The van der Waals surface area contributed by atoms with Gasteiger partial charge in [0.1, 0.15) is 5.54 Å². The Kier molecular flexibility index (Phi) is 2.81. The molecule has 1 atom stereocenters. The number of fused-ring (bicyclic) bond motifs is 3. The number of Topliss-reactive ketones (excluding diaryl/α,β-unsaturated/α-hetero) is 1. The van der Waals surface area contributed by atoms with E-state index >= 15 is 0 Å². The van der Waals surface area contributed by atoms with Gasteiger partial charge in [-0.05, 0) is 19.8 Å². The molecule has 3 aliphatic heterocycles. The molecule has 0 aromatic carbocycles. The summed E-state index contributed by atoms with van der Waals surface area (Å²) in [5.74, 6) is 5.99. The zero-order valence-electron chi connectivity index (χ0n) is 10.0. The second-order valence-electron chi connectivity index (χ2n) is 5.17. The second kappa shape index (κ2) is 3.87. The maximum absolute atomic E-state index is 12.5. The fourth-order valence-corrected chi connectivity index (χ4v) is 3.02. The van der Waals surface area contributed by atoms with Gasteiger partial charge in [0.2, 0.25) is 0 Å². The van der Waals surface area contributed by atoms with Crippen LogP contribution in [0.5, 0.6) is 0 Å². The molecule has 3 saturated heterocycles. The third-order valence-electron chi connectivity index (χ3n) is 4.26. The van der Waals surface area contributed by atoms with Gasteiger partial charge in [-0.1, -0.05) is 6.92 Å². The van der Waals surface area contributed by atoms with Gasteiger partial charge in [0.15, 0.2) is 5.78 Å². The number of rotatable bonds is 2. The molecular formula is C13H19NO2. The van der Waals surface area contributed by atoms with Crippen molar-refractivity contribution in [1.29, 1.82) is 0 Å². The molecule has 0 spiro atoms. The van der Waals surface area contributed by atoms with Crippen LogP contribution in [0.25, 0.3) is 0 Å². The molecule has 0 aromatic heterocycles. The van der Waals surface area contributed by atoms with Gasteiger partial charge < -0.3 is 5.11 Å². The zero-order chi connectivity index (χ0) is 11.8. The summed E-state index contributed by atoms with van der Waals surface area (Å²) in [5.41, 5.74) is -0.943. The quantitative estimate of drug-likeness (QED) is 0.702. The van der Waals surface area contributed by atoms with Gasteiger partial charge in [-0.3, -0.25) is 9.69 Å². The summed E-state index contributed by atoms with van der Waals surface area (Å²) in [7, 11) is 0. The molecule has 3 heterocycles. The summed E-state index contributed by atoms with van der Waals surface area (Å²) < 4.78 is 0. The van der Waals surface area contributed by atoms with E-state index in [1.165, 1.54) is 0 Å². The summed E-state index contributed by atoms with van der Waals surface area (Å²) in [6.45, 7) is 5.53. The molecule has 0 radical (unpaired) electrons. The molecule has 3 fully saturated rings. The Bertz CT molecular complexity index is 358. The minimum Gasteiger partial charge on any atom is -0.394 e. The van der Waals surface area contributed by atoms with Gasteiger partial charge in [0.25, 0.3) is 0 Å². The average molecular weight is 221 g/mol.